The number of Topliss-reactive ketones (excluding diaryl/α,β-unsaturated/α-hetero) is 1. The van der Waals surface area contributed by atoms with Crippen LogP contribution in [0.15, 0.2) is 12.7 Å². The lowest BCUT2D eigenvalue weighted by Crippen LogP contribution is -2.63. The number of hydrogen-bond acceptors (Lipinski definition) is 6. The molecule has 5 nitrogen and oxygen atoms in total. The van der Waals surface area contributed by atoms with Gasteiger partial charge in [0.1, 0.15) is 11.9 Å². The molecule has 4 fully saturated rings. The number of nitrogens with one attached hydrogen (secondary N) is 1. The van der Waals surface area contributed by atoms with E-state index in [-0.39, 0.29) is 29.1 Å². The number of ketones is 1. The first-order chi connectivity index (χ1) is 16.1. The van der Waals surface area contributed by atoms with Crippen LogP contribution in [0.5, 0.6) is 0 Å². The first kappa shape index (κ1) is 26.2. The van der Waals surface area contributed by atoms with Crippen LogP contribution >= 0.6 is 11.8 Å². The molecule has 0 aromatic heterocycles. The van der Waals surface area contributed by atoms with Gasteiger partial charge in [-0.2, -0.15) is 0 Å². The quantitative estimate of drug-likeness (QED) is 0.426. The highest BCUT2D eigenvalue weighted by molar-refractivity contribution is 8.00. The minimum absolute atomic E-state index is 0.00479. The molecule has 3 aliphatic carbocycles. The van der Waals surface area contributed by atoms with Crippen molar-refractivity contribution in [1.82, 2.24) is 5.32 Å². The lowest BCUT2D eigenvalue weighted by atomic mass is 9.44. The van der Waals surface area contributed by atoms with Crippen LogP contribution in [0.3, 0.4) is 0 Å². The number of esters is 1. The highest BCUT2D eigenvalue weighted by Crippen LogP contribution is 2.68. The average molecular weight is 492 g/mol. The fraction of sp³-hybridized carbons (Fsp3) is 0.857. The number of aliphatic hydroxyl groups is 1. The number of carbonyl (C=O) groups is 2. The zero-order valence-corrected chi connectivity index (χ0v) is 22.4. The molecule has 2 unspecified atom stereocenters. The molecule has 1 saturated heterocycles. The predicted octanol–water partition coefficient (Wildman–Crippen LogP) is 4.77. The molecule has 2 bridgehead atoms. The van der Waals surface area contributed by atoms with E-state index < -0.39 is 23.0 Å². The van der Waals surface area contributed by atoms with Crippen molar-refractivity contribution in [3.8, 4) is 0 Å². The van der Waals surface area contributed by atoms with Crippen LogP contribution in [0.2, 0.25) is 0 Å². The second-order valence-electron chi connectivity index (χ2n) is 12.2. The van der Waals surface area contributed by atoms with Gasteiger partial charge in [-0.3, -0.25) is 9.59 Å². The number of ether oxygens (including phenoxy) is 1. The van der Waals surface area contributed by atoms with Crippen molar-refractivity contribution >= 4 is 23.5 Å². The Kier molecular flexibility index (Phi) is 7.63. The fourth-order valence-electron chi connectivity index (χ4n) is 8.03. The van der Waals surface area contributed by atoms with E-state index in [0.717, 1.165) is 51.6 Å². The average Bonchev–Trinajstić information content (AvgIpc) is 2.99. The minimum atomic E-state index is -0.620. The Hall–Kier alpha value is -0.850. The van der Waals surface area contributed by atoms with Gasteiger partial charge in [0.05, 0.1) is 11.9 Å². The zero-order chi connectivity index (χ0) is 24.7. The zero-order valence-electron chi connectivity index (χ0n) is 21.6. The van der Waals surface area contributed by atoms with Crippen molar-refractivity contribution in [2.45, 2.75) is 96.5 Å². The molecule has 6 heteroatoms. The summed E-state index contributed by atoms with van der Waals surface area (Å²) >= 11 is 1.71. The van der Waals surface area contributed by atoms with Gasteiger partial charge in [0, 0.05) is 28.4 Å². The lowest BCUT2D eigenvalue weighted by molar-refractivity contribution is -0.205. The van der Waals surface area contributed by atoms with Gasteiger partial charge in [-0.05, 0) is 75.3 Å². The van der Waals surface area contributed by atoms with Gasteiger partial charge in [-0.25, -0.2) is 0 Å². The molecule has 9 atom stereocenters. The molecule has 0 spiro atoms. The Morgan fingerprint density at radius 1 is 1.24 bits per heavy atom. The van der Waals surface area contributed by atoms with Crippen molar-refractivity contribution in [2.24, 2.45) is 34.0 Å². The largest absolute Gasteiger partial charge is 0.461 e. The summed E-state index contributed by atoms with van der Waals surface area (Å²) in [6.07, 6.45) is 8.04. The van der Waals surface area contributed by atoms with Crippen molar-refractivity contribution in [1.29, 1.82) is 0 Å². The third-order valence-corrected chi connectivity index (χ3v) is 11.9. The van der Waals surface area contributed by atoms with E-state index in [4.69, 9.17) is 4.74 Å². The first-order valence-electron chi connectivity index (χ1n) is 13.4. The van der Waals surface area contributed by atoms with Crippen LogP contribution in [0.25, 0.3) is 0 Å². The molecule has 4 aliphatic rings. The Bertz CT molecular complexity index is 795. The van der Waals surface area contributed by atoms with Gasteiger partial charge < -0.3 is 15.2 Å². The molecule has 34 heavy (non-hydrogen) atoms. The van der Waals surface area contributed by atoms with E-state index >= 15 is 0 Å². The molecule has 0 aromatic carbocycles. The fourth-order valence-corrected chi connectivity index (χ4v) is 9.09. The third kappa shape index (κ3) is 4.30. The second-order valence-corrected chi connectivity index (χ2v) is 13.5. The molecule has 192 valence electrons. The van der Waals surface area contributed by atoms with Crippen LogP contribution in [0, 0.1) is 34.0 Å². The van der Waals surface area contributed by atoms with E-state index in [1.54, 1.807) is 11.8 Å². The lowest BCUT2D eigenvalue weighted by Gasteiger charge is -2.61. The summed E-state index contributed by atoms with van der Waals surface area (Å²) in [7, 11) is 0. The molecule has 0 radical (unpaired) electrons. The summed E-state index contributed by atoms with van der Waals surface area (Å²) < 4.78 is 6.36. The summed E-state index contributed by atoms with van der Waals surface area (Å²) in [4.78, 5) is 26.7. The maximum Gasteiger partial charge on any atom is 0.316 e. The van der Waals surface area contributed by atoms with Crippen LogP contribution in [0.1, 0.15) is 79.1 Å². The first-order valence-corrected chi connectivity index (χ1v) is 14.5. The second kappa shape index (κ2) is 9.89. The molecule has 0 aromatic rings. The molecule has 1 heterocycles. The van der Waals surface area contributed by atoms with Crippen LogP contribution in [-0.2, 0) is 14.3 Å². The molecule has 2 N–H and O–H groups in total. The van der Waals surface area contributed by atoms with Gasteiger partial charge in [0.2, 0.25) is 0 Å². The Morgan fingerprint density at radius 3 is 2.74 bits per heavy atom. The molecule has 1 aliphatic heterocycles. The number of aliphatic hydroxyl groups excluding tert-OH is 1. The number of carbonyl (C=O) groups excluding carboxylic acids is 2. The van der Waals surface area contributed by atoms with Crippen molar-refractivity contribution in [2.75, 3.05) is 18.8 Å². The molecule has 4 rings (SSSR count). The van der Waals surface area contributed by atoms with Gasteiger partial charge in [0.15, 0.2) is 0 Å². The maximum atomic E-state index is 13.5. The van der Waals surface area contributed by atoms with Gasteiger partial charge in [-0.1, -0.05) is 33.8 Å². The van der Waals surface area contributed by atoms with Crippen molar-refractivity contribution in [3.63, 3.8) is 0 Å². The summed E-state index contributed by atoms with van der Waals surface area (Å²) in [6.45, 7) is 14.8. The van der Waals surface area contributed by atoms with Gasteiger partial charge in [-0.15, -0.1) is 18.3 Å². The topological polar surface area (TPSA) is 75.6 Å². The highest BCUT2D eigenvalue weighted by Gasteiger charge is 2.68. The molecule has 0 amide bonds. The monoisotopic (exact) mass is 491 g/mol. The maximum absolute atomic E-state index is 13.5. The summed E-state index contributed by atoms with van der Waals surface area (Å²) in [6, 6.07) is 0. The Balaban J connectivity index is 1.63. The number of thioether (sulfide) groups is 1. The normalized spacial score (nSPS) is 47.1. The van der Waals surface area contributed by atoms with E-state index in [2.05, 4.69) is 32.7 Å². The van der Waals surface area contributed by atoms with Crippen LogP contribution < -0.4 is 5.32 Å². The van der Waals surface area contributed by atoms with Crippen molar-refractivity contribution in [3.05, 3.63) is 12.7 Å². The highest BCUT2D eigenvalue weighted by atomic mass is 32.2. The van der Waals surface area contributed by atoms with E-state index in [1.165, 1.54) is 0 Å². The Morgan fingerprint density at radius 2 is 2.00 bits per heavy atom. The van der Waals surface area contributed by atoms with Gasteiger partial charge >= 0.3 is 5.97 Å². The summed E-state index contributed by atoms with van der Waals surface area (Å²) in [5.74, 6) is 0.561. The minimum Gasteiger partial charge on any atom is -0.461 e. The summed E-state index contributed by atoms with van der Waals surface area (Å²) in [5, 5.41) is 15.5. The van der Waals surface area contributed by atoms with Crippen LogP contribution in [-0.4, -0.2) is 53.2 Å². The molecular weight excluding hydrogens is 446 g/mol. The third-order valence-electron chi connectivity index (χ3n) is 10.5. The Labute approximate surface area is 210 Å². The molecular formula is C28H45NO4S. The van der Waals surface area contributed by atoms with E-state index in [9.17, 15) is 14.7 Å². The number of hydrogen-bond donors (Lipinski definition) is 2. The standard InChI is InChI=1S/C28H45NO4S/c1-6-26(4)16-22(33-23(31)17-34-20-8-7-14-29-15-11-20)27(5)18(2)9-12-28(19(3)25(26)32)13-10-21(30)24(27)28/h6,18-20,22,24-25,29,32H,1,7-17H2,2-5H3/t18-,19+,20?,22-,24?,25+,26-,27+,28+/m1/s1. The molecule has 3 saturated carbocycles. The van der Waals surface area contributed by atoms with Crippen LogP contribution in [0.4, 0.5) is 0 Å². The smallest absolute Gasteiger partial charge is 0.316 e. The van der Waals surface area contributed by atoms with Gasteiger partial charge in [0.25, 0.3) is 0 Å². The summed E-state index contributed by atoms with van der Waals surface area (Å²) in [5.41, 5.74) is -1.24. The SMILES string of the molecule is C=C[C@]1(C)C[C@@H](OC(=O)CSC2CCCNCC2)[C@@]2(C)C3C(=O)CC[C@@]3(CC[C@H]2C)[C@@H](C)[C@@H]1O. The predicted molar refractivity (Wildman–Crippen MR) is 138 cm³/mol. The van der Waals surface area contributed by atoms with Crippen molar-refractivity contribution < 1.29 is 19.4 Å². The van der Waals surface area contributed by atoms with E-state index in [0.29, 0.717) is 29.6 Å². The van der Waals surface area contributed by atoms with E-state index in [1.807, 2.05) is 13.0 Å². The number of rotatable bonds is 5.